The van der Waals surface area contributed by atoms with Crippen molar-refractivity contribution in [1.29, 1.82) is 0 Å². The van der Waals surface area contributed by atoms with Gasteiger partial charge in [-0.05, 0) is 25.1 Å². The second-order valence-corrected chi connectivity index (χ2v) is 4.12. The van der Waals surface area contributed by atoms with Crippen LogP contribution in [0.5, 0.6) is 0 Å². The van der Waals surface area contributed by atoms with Gasteiger partial charge >= 0.3 is 0 Å². The van der Waals surface area contributed by atoms with Gasteiger partial charge in [0.25, 0.3) is 5.89 Å². The van der Waals surface area contributed by atoms with E-state index >= 15 is 0 Å². The van der Waals surface area contributed by atoms with Crippen LogP contribution in [0.1, 0.15) is 18.8 Å². The van der Waals surface area contributed by atoms with Crippen LogP contribution in [0, 0.1) is 0 Å². The van der Waals surface area contributed by atoms with Gasteiger partial charge < -0.3 is 10.3 Å². The Labute approximate surface area is 104 Å². The van der Waals surface area contributed by atoms with E-state index in [9.17, 15) is 0 Å². The largest absolute Gasteiger partial charge is 0.334 e. The van der Waals surface area contributed by atoms with E-state index in [2.05, 4.69) is 15.1 Å². The van der Waals surface area contributed by atoms with Crippen LogP contribution in [0.2, 0.25) is 0 Å². The summed E-state index contributed by atoms with van der Waals surface area (Å²) in [5, 5.41) is 4.85. The first-order valence-electron chi connectivity index (χ1n) is 5.69. The maximum Gasteiger partial charge on any atom is 0.258 e. The fraction of sp³-hybridized carbons (Fsp3) is 0.154. The Morgan fingerprint density at radius 1 is 1.22 bits per heavy atom. The number of rotatable bonds is 2. The normalized spacial score (nSPS) is 12.8. The molecule has 18 heavy (non-hydrogen) atoms. The topological polar surface area (TPSA) is 77.8 Å². The summed E-state index contributed by atoms with van der Waals surface area (Å²) in [4.78, 5) is 8.59. The summed E-state index contributed by atoms with van der Waals surface area (Å²) in [7, 11) is 0. The highest BCUT2D eigenvalue weighted by molar-refractivity contribution is 5.92. The van der Waals surface area contributed by atoms with Crippen molar-refractivity contribution in [3.05, 3.63) is 42.4 Å². The molecule has 3 rings (SSSR count). The molecule has 0 fully saturated rings. The van der Waals surface area contributed by atoms with Crippen molar-refractivity contribution in [2.45, 2.75) is 13.0 Å². The van der Waals surface area contributed by atoms with E-state index in [-0.39, 0.29) is 6.04 Å². The molecular formula is C13H12N4O. The standard InChI is InChI=1S/C13H12N4O/c1-8(14)12-16-13(18-17-12)10-4-2-6-11-9(10)5-3-7-15-11/h2-8H,14H2,1H3. The first-order valence-corrected chi connectivity index (χ1v) is 5.69. The summed E-state index contributed by atoms with van der Waals surface area (Å²) >= 11 is 0. The van der Waals surface area contributed by atoms with Crippen molar-refractivity contribution in [2.24, 2.45) is 5.73 Å². The minimum Gasteiger partial charge on any atom is -0.334 e. The SMILES string of the molecule is CC(N)c1noc(-c2cccc3ncccc23)n1. The number of aromatic nitrogens is 3. The van der Waals surface area contributed by atoms with E-state index in [0.29, 0.717) is 11.7 Å². The van der Waals surface area contributed by atoms with Crippen molar-refractivity contribution < 1.29 is 4.52 Å². The molecule has 0 aliphatic carbocycles. The number of hydrogen-bond donors (Lipinski definition) is 1. The third-order valence-corrected chi connectivity index (χ3v) is 2.73. The first kappa shape index (κ1) is 10.9. The van der Waals surface area contributed by atoms with Gasteiger partial charge in [0, 0.05) is 17.1 Å². The van der Waals surface area contributed by atoms with E-state index in [4.69, 9.17) is 10.3 Å². The van der Waals surface area contributed by atoms with E-state index in [1.165, 1.54) is 0 Å². The number of fused-ring (bicyclic) bond motifs is 1. The lowest BCUT2D eigenvalue weighted by Crippen LogP contribution is -2.06. The molecule has 0 spiro atoms. The van der Waals surface area contributed by atoms with E-state index in [1.54, 1.807) is 6.20 Å². The van der Waals surface area contributed by atoms with Crippen LogP contribution in [-0.4, -0.2) is 15.1 Å². The number of nitrogens with two attached hydrogens (primary N) is 1. The van der Waals surface area contributed by atoms with E-state index in [1.807, 2.05) is 37.3 Å². The average molecular weight is 240 g/mol. The highest BCUT2D eigenvalue weighted by atomic mass is 16.5. The summed E-state index contributed by atoms with van der Waals surface area (Å²) < 4.78 is 5.25. The summed E-state index contributed by atoms with van der Waals surface area (Å²) in [5.74, 6) is 0.979. The molecule has 0 aliphatic rings. The van der Waals surface area contributed by atoms with Gasteiger partial charge in [0.1, 0.15) is 0 Å². The van der Waals surface area contributed by atoms with Gasteiger partial charge in [-0.25, -0.2) is 0 Å². The Bertz CT molecular complexity index is 685. The fourth-order valence-electron chi connectivity index (χ4n) is 1.82. The maximum absolute atomic E-state index is 5.72. The highest BCUT2D eigenvalue weighted by Crippen LogP contribution is 2.26. The zero-order valence-electron chi connectivity index (χ0n) is 9.87. The minimum atomic E-state index is -0.240. The van der Waals surface area contributed by atoms with Gasteiger partial charge in [0.05, 0.1) is 11.6 Å². The molecule has 1 unspecified atom stereocenters. The lowest BCUT2D eigenvalue weighted by Gasteiger charge is -2.00. The predicted octanol–water partition coefficient (Wildman–Crippen LogP) is 2.30. The quantitative estimate of drug-likeness (QED) is 0.743. The second kappa shape index (κ2) is 4.19. The maximum atomic E-state index is 5.72. The third-order valence-electron chi connectivity index (χ3n) is 2.73. The molecule has 3 aromatic rings. The third kappa shape index (κ3) is 1.74. The average Bonchev–Trinajstić information content (AvgIpc) is 2.87. The summed E-state index contributed by atoms with van der Waals surface area (Å²) in [5.41, 5.74) is 7.49. The Balaban J connectivity index is 2.18. The molecule has 2 N–H and O–H groups in total. The van der Waals surface area contributed by atoms with Crippen LogP contribution in [0.15, 0.2) is 41.1 Å². The van der Waals surface area contributed by atoms with E-state index in [0.717, 1.165) is 16.5 Å². The number of hydrogen-bond acceptors (Lipinski definition) is 5. The Kier molecular flexibility index (Phi) is 2.53. The van der Waals surface area contributed by atoms with Gasteiger partial charge in [-0.15, -0.1) is 0 Å². The van der Waals surface area contributed by atoms with Crippen LogP contribution >= 0.6 is 0 Å². The predicted molar refractivity (Wildman–Crippen MR) is 67.6 cm³/mol. The molecule has 1 aromatic carbocycles. The van der Waals surface area contributed by atoms with Crippen molar-refractivity contribution in [3.8, 4) is 11.5 Å². The Morgan fingerprint density at radius 2 is 2.11 bits per heavy atom. The molecular weight excluding hydrogens is 228 g/mol. The molecule has 0 saturated carbocycles. The summed E-state index contributed by atoms with van der Waals surface area (Å²) in [6, 6.07) is 9.42. The van der Waals surface area contributed by atoms with Gasteiger partial charge in [-0.2, -0.15) is 4.98 Å². The van der Waals surface area contributed by atoms with Crippen molar-refractivity contribution in [2.75, 3.05) is 0 Å². The van der Waals surface area contributed by atoms with Gasteiger partial charge in [-0.1, -0.05) is 17.3 Å². The number of benzene rings is 1. The number of pyridine rings is 1. The van der Waals surface area contributed by atoms with Crippen LogP contribution < -0.4 is 5.73 Å². The molecule has 90 valence electrons. The second-order valence-electron chi connectivity index (χ2n) is 4.12. The zero-order valence-corrected chi connectivity index (χ0v) is 9.87. The molecule has 0 radical (unpaired) electrons. The van der Waals surface area contributed by atoms with Crippen LogP contribution in [-0.2, 0) is 0 Å². The molecule has 5 nitrogen and oxygen atoms in total. The zero-order chi connectivity index (χ0) is 12.5. The molecule has 0 amide bonds. The summed E-state index contributed by atoms with van der Waals surface area (Å²) in [6.07, 6.45) is 1.76. The first-order chi connectivity index (χ1) is 8.75. The van der Waals surface area contributed by atoms with Crippen LogP contribution in [0.3, 0.4) is 0 Å². The molecule has 0 aliphatic heterocycles. The van der Waals surface area contributed by atoms with Crippen LogP contribution in [0.4, 0.5) is 0 Å². The molecule has 5 heteroatoms. The Morgan fingerprint density at radius 3 is 2.89 bits per heavy atom. The molecule has 0 bridgehead atoms. The summed E-state index contributed by atoms with van der Waals surface area (Å²) in [6.45, 7) is 1.82. The lowest BCUT2D eigenvalue weighted by atomic mass is 10.1. The fourth-order valence-corrected chi connectivity index (χ4v) is 1.82. The van der Waals surface area contributed by atoms with E-state index < -0.39 is 0 Å². The highest BCUT2D eigenvalue weighted by Gasteiger charge is 2.13. The Hall–Kier alpha value is -2.27. The molecule has 2 heterocycles. The number of nitrogens with zero attached hydrogens (tertiary/aromatic N) is 3. The smallest absolute Gasteiger partial charge is 0.258 e. The molecule has 0 saturated heterocycles. The molecule has 2 aromatic heterocycles. The molecule has 1 atom stereocenters. The van der Waals surface area contributed by atoms with Crippen molar-refractivity contribution in [1.82, 2.24) is 15.1 Å². The monoisotopic (exact) mass is 240 g/mol. The minimum absolute atomic E-state index is 0.240. The van der Waals surface area contributed by atoms with Gasteiger partial charge in [-0.3, -0.25) is 4.98 Å². The lowest BCUT2D eigenvalue weighted by molar-refractivity contribution is 0.418. The van der Waals surface area contributed by atoms with Gasteiger partial charge in [0.15, 0.2) is 5.82 Å². The van der Waals surface area contributed by atoms with Gasteiger partial charge in [0.2, 0.25) is 0 Å². The van der Waals surface area contributed by atoms with Crippen molar-refractivity contribution in [3.63, 3.8) is 0 Å². The van der Waals surface area contributed by atoms with Crippen molar-refractivity contribution >= 4 is 10.9 Å². The van der Waals surface area contributed by atoms with Crippen LogP contribution in [0.25, 0.3) is 22.4 Å².